The number of carbonyl (C=O) groups excluding carboxylic acids is 2. The zero-order valence-electron chi connectivity index (χ0n) is 23.1. The third kappa shape index (κ3) is 7.17. The Hall–Kier alpha value is -3.86. The zero-order valence-corrected chi connectivity index (χ0v) is 23.1. The molecule has 0 saturated heterocycles. The summed E-state index contributed by atoms with van der Waals surface area (Å²) < 4.78 is 21.8. The Morgan fingerprint density at radius 3 is 2.41 bits per heavy atom. The number of benzene rings is 1. The van der Waals surface area contributed by atoms with E-state index in [1.165, 1.54) is 6.33 Å². The molecule has 4 rings (SSSR count). The summed E-state index contributed by atoms with van der Waals surface area (Å²) in [5.41, 5.74) is 2.42. The van der Waals surface area contributed by atoms with Gasteiger partial charge in [0.25, 0.3) is 5.91 Å². The van der Waals surface area contributed by atoms with Crippen molar-refractivity contribution in [2.45, 2.75) is 64.1 Å². The number of nitrogens with zero attached hydrogens (tertiary/aromatic N) is 2. The Morgan fingerprint density at radius 1 is 1.03 bits per heavy atom. The van der Waals surface area contributed by atoms with Crippen molar-refractivity contribution in [3.63, 3.8) is 0 Å². The minimum atomic E-state index is -0.538. The van der Waals surface area contributed by atoms with Gasteiger partial charge in [-0.2, -0.15) is 0 Å². The van der Waals surface area contributed by atoms with Crippen LogP contribution in [-0.4, -0.2) is 72.1 Å². The molecule has 2 amide bonds. The van der Waals surface area contributed by atoms with E-state index >= 15 is 0 Å². The lowest BCUT2D eigenvalue weighted by Gasteiger charge is -2.30. The number of fused-ring (bicyclic) bond motifs is 1. The number of aromatic nitrogens is 3. The molecule has 0 spiro atoms. The molecule has 1 aromatic carbocycles. The van der Waals surface area contributed by atoms with Crippen LogP contribution in [0.2, 0.25) is 0 Å². The van der Waals surface area contributed by atoms with Crippen LogP contribution in [0.15, 0.2) is 30.7 Å². The van der Waals surface area contributed by atoms with Crippen LogP contribution in [0.3, 0.4) is 0 Å². The van der Waals surface area contributed by atoms with E-state index in [9.17, 15) is 9.59 Å². The molecular weight excluding hydrogens is 502 g/mol. The van der Waals surface area contributed by atoms with Gasteiger partial charge in [0.2, 0.25) is 0 Å². The Morgan fingerprint density at radius 2 is 1.74 bits per heavy atom. The first kappa shape index (κ1) is 28.2. The summed E-state index contributed by atoms with van der Waals surface area (Å²) in [7, 11) is 3.21. The maximum absolute atomic E-state index is 13.2. The number of aromatic amines is 1. The summed E-state index contributed by atoms with van der Waals surface area (Å²) in [6.07, 6.45) is 5.71. The van der Waals surface area contributed by atoms with E-state index in [2.05, 4.69) is 25.6 Å². The lowest BCUT2D eigenvalue weighted by Crippen LogP contribution is -2.45. The minimum absolute atomic E-state index is 0.00261. The quantitative estimate of drug-likeness (QED) is 0.344. The number of ether oxygens (including phenoxy) is 4. The number of hydrogen-bond donors (Lipinski definition) is 3. The Kier molecular flexibility index (Phi) is 8.90. The number of amides is 2. The van der Waals surface area contributed by atoms with Gasteiger partial charge in [-0.1, -0.05) is 0 Å². The predicted molar refractivity (Wildman–Crippen MR) is 146 cm³/mol. The Labute approximate surface area is 228 Å². The number of rotatable bonds is 9. The van der Waals surface area contributed by atoms with Gasteiger partial charge in [0.15, 0.2) is 0 Å². The fourth-order valence-corrected chi connectivity index (χ4v) is 4.62. The average Bonchev–Trinajstić information content (AvgIpc) is 3.33. The summed E-state index contributed by atoms with van der Waals surface area (Å²) in [5, 5.41) is 6.06. The second-order valence-corrected chi connectivity index (χ2v) is 10.5. The summed E-state index contributed by atoms with van der Waals surface area (Å²) >= 11 is 0. The molecule has 3 N–H and O–H groups in total. The van der Waals surface area contributed by atoms with E-state index in [1.54, 1.807) is 26.5 Å². The first-order chi connectivity index (χ1) is 18.7. The van der Waals surface area contributed by atoms with Crippen molar-refractivity contribution in [3.05, 3.63) is 36.3 Å². The third-order valence-corrected chi connectivity index (χ3v) is 6.48. The van der Waals surface area contributed by atoms with E-state index < -0.39 is 11.7 Å². The van der Waals surface area contributed by atoms with Gasteiger partial charge in [-0.05, 0) is 58.6 Å². The molecule has 39 heavy (non-hydrogen) atoms. The molecule has 2 aromatic heterocycles. The van der Waals surface area contributed by atoms with Crippen molar-refractivity contribution in [3.8, 4) is 22.8 Å². The second kappa shape index (κ2) is 12.3. The maximum Gasteiger partial charge on any atom is 0.407 e. The standard InChI is InChI=1S/C28H37N5O6/c1-28(2,3)39-27(35)33-18-8-6-17(7-9-18)32-26(34)21-15-29-25-23(30-16-31-24(21)25)20-11-10-19(37-5)14-22(20)38-13-12-36-4/h10-11,14-18,29H,6-9,12-13H2,1-5H3,(H,32,34)(H,33,35)/t17-,18-. The number of H-pyrrole nitrogens is 1. The van der Waals surface area contributed by atoms with Crippen LogP contribution in [0.5, 0.6) is 11.5 Å². The smallest absolute Gasteiger partial charge is 0.407 e. The molecule has 3 aromatic rings. The molecule has 0 bridgehead atoms. The molecule has 0 unspecified atom stereocenters. The van der Waals surface area contributed by atoms with Crippen LogP contribution >= 0.6 is 0 Å². The van der Waals surface area contributed by atoms with Gasteiger partial charge < -0.3 is 34.6 Å². The van der Waals surface area contributed by atoms with Crippen molar-refractivity contribution in [1.82, 2.24) is 25.6 Å². The summed E-state index contributed by atoms with van der Waals surface area (Å²) in [6.45, 7) is 6.30. The maximum atomic E-state index is 13.2. The highest BCUT2D eigenvalue weighted by molar-refractivity contribution is 6.08. The molecule has 1 saturated carbocycles. The summed E-state index contributed by atoms with van der Waals surface area (Å²) in [6, 6.07) is 5.53. The van der Waals surface area contributed by atoms with E-state index in [-0.39, 0.29) is 18.0 Å². The van der Waals surface area contributed by atoms with E-state index in [1.807, 2.05) is 32.9 Å². The summed E-state index contributed by atoms with van der Waals surface area (Å²) in [4.78, 5) is 37.4. The number of nitrogens with one attached hydrogen (secondary N) is 3. The molecule has 1 aliphatic rings. The van der Waals surface area contributed by atoms with Gasteiger partial charge in [0.05, 0.1) is 24.8 Å². The molecule has 0 radical (unpaired) electrons. The highest BCUT2D eigenvalue weighted by atomic mass is 16.6. The molecule has 1 fully saturated rings. The van der Waals surface area contributed by atoms with Crippen molar-refractivity contribution in [2.75, 3.05) is 27.4 Å². The molecule has 0 atom stereocenters. The molecule has 0 aliphatic heterocycles. The average molecular weight is 540 g/mol. The number of hydrogen-bond acceptors (Lipinski definition) is 8. The highest BCUT2D eigenvalue weighted by Crippen LogP contribution is 2.36. The summed E-state index contributed by atoms with van der Waals surface area (Å²) in [5.74, 6) is 1.03. The lowest BCUT2D eigenvalue weighted by molar-refractivity contribution is 0.0488. The van der Waals surface area contributed by atoms with Gasteiger partial charge in [-0.3, -0.25) is 4.79 Å². The third-order valence-electron chi connectivity index (χ3n) is 6.48. The number of methoxy groups -OCH3 is 2. The van der Waals surface area contributed by atoms with Crippen molar-refractivity contribution >= 4 is 23.0 Å². The zero-order chi connectivity index (χ0) is 28.0. The minimum Gasteiger partial charge on any atom is -0.497 e. The topological polar surface area (TPSA) is 137 Å². The van der Waals surface area contributed by atoms with Crippen molar-refractivity contribution in [1.29, 1.82) is 0 Å². The second-order valence-electron chi connectivity index (χ2n) is 10.5. The van der Waals surface area contributed by atoms with E-state index in [0.717, 1.165) is 31.2 Å². The van der Waals surface area contributed by atoms with Crippen LogP contribution in [0, 0.1) is 0 Å². The van der Waals surface area contributed by atoms with Crippen molar-refractivity contribution in [2.24, 2.45) is 0 Å². The van der Waals surface area contributed by atoms with Gasteiger partial charge in [0, 0.05) is 37.0 Å². The van der Waals surface area contributed by atoms with E-state index in [4.69, 9.17) is 18.9 Å². The van der Waals surface area contributed by atoms with Crippen LogP contribution in [-0.2, 0) is 9.47 Å². The fourth-order valence-electron chi connectivity index (χ4n) is 4.62. The normalized spacial score (nSPS) is 17.5. The van der Waals surface area contributed by atoms with Crippen LogP contribution < -0.4 is 20.1 Å². The SMILES string of the molecule is COCCOc1cc(OC)ccc1-c1ncnc2c(C(=O)N[C@H]3CC[C@H](NC(=O)OC(C)(C)C)CC3)c[nH]c12. The monoisotopic (exact) mass is 539 g/mol. The van der Waals surface area contributed by atoms with Crippen molar-refractivity contribution < 1.29 is 28.5 Å². The van der Waals surface area contributed by atoms with Crippen LogP contribution in [0.4, 0.5) is 4.79 Å². The van der Waals surface area contributed by atoms with Gasteiger partial charge in [-0.15, -0.1) is 0 Å². The Balaban J connectivity index is 1.45. The van der Waals surface area contributed by atoms with Gasteiger partial charge >= 0.3 is 6.09 Å². The molecule has 2 heterocycles. The molecule has 11 nitrogen and oxygen atoms in total. The fraction of sp³-hybridized carbons (Fsp3) is 0.500. The Bertz CT molecular complexity index is 1290. The van der Waals surface area contributed by atoms with Gasteiger partial charge in [0.1, 0.15) is 41.2 Å². The number of alkyl carbamates (subject to hydrolysis) is 1. The first-order valence-corrected chi connectivity index (χ1v) is 13.1. The largest absolute Gasteiger partial charge is 0.497 e. The van der Waals surface area contributed by atoms with Crippen LogP contribution in [0.25, 0.3) is 22.3 Å². The first-order valence-electron chi connectivity index (χ1n) is 13.1. The molecule has 11 heteroatoms. The van der Waals surface area contributed by atoms with Gasteiger partial charge in [-0.25, -0.2) is 14.8 Å². The molecular formula is C28H37N5O6. The number of carbonyl (C=O) groups is 2. The van der Waals surface area contributed by atoms with E-state index in [0.29, 0.717) is 47.0 Å². The highest BCUT2D eigenvalue weighted by Gasteiger charge is 2.27. The molecule has 210 valence electrons. The lowest BCUT2D eigenvalue weighted by atomic mass is 9.91. The molecule has 1 aliphatic carbocycles. The predicted octanol–water partition coefficient (Wildman–Crippen LogP) is 4.22. The van der Waals surface area contributed by atoms with Crippen LogP contribution in [0.1, 0.15) is 56.8 Å².